The summed E-state index contributed by atoms with van der Waals surface area (Å²) in [5.74, 6) is 1.54. The first-order valence-electron chi connectivity index (χ1n) is 15.3. The highest BCUT2D eigenvalue weighted by molar-refractivity contribution is 5.68. The highest BCUT2D eigenvalue weighted by Gasteiger charge is 2.41. The van der Waals surface area contributed by atoms with Gasteiger partial charge in [-0.25, -0.2) is 9.97 Å². The molecule has 1 spiro atoms. The first kappa shape index (κ1) is 27.4. The number of piperidine rings is 1. The predicted molar refractivity (Wildman–Crippen MR) is 161 cm³/mol. The molecule has 2 aromatic carbocycles. The zero-order valence-corrected chi connectivity index (χ0v) is 24.7. The average Bonchev–Trinajstić information content (AvgIpc) is 3.45. The predicted octanol–water partition coefficient (Wildman–Crippen LogP) is 6.43. The largest absolute Gasteiger partial charge is 0.356 e. The van der Waals surface area contributed by atoms with Crippen LogP contribution in [-0.2, 0) is 35.3 Å². The third-order valence-corrected chi connectivity index (χ3v) is 9.33. The van der Waals surface area contributed by atoms with E-state index in [1.54, 1.807) is 0 Å². The Labute approximate surface area is 239 Å². The van der Waals surface area contributed by atoms with Crippen LogP contribution in [0.5, 0.6) is 0 Å². The lowest BCUT2D eigenvalue weighted by Crippen LogP contribution is -2.46. The van der Waals surface area contributed by atoms with Gasteiger partial charge in [-0.15, -0.1) is 0 Å². The third kappa shape index (κ3) is 5.17. The number of aromatic nitrogens is 2. The molecule has 3 heterocycles. The number of benzene rings is 2. The number of fused-ring (bicyclic) bond motifs is 1. The van der Waals surface area contributed by atoms with Crippen molar-refractivity contribution < 1.29 is 9.47 Å². The molecule has 1 atom stereocenters. The summed E-state index contributed by atoms with van der Waals surface area (Å²) < 4.78 is 12.1. The first-order valence-corrected chi connectivity index (χ1v) is 15.3. The SMILES string of the molecule is CCc1cccc(CC)c1-c1nc(C)c(CN(C)C2CCCc3ccccc32)c(N2CCC3(CC2)OCCO3)n1. The Hall–Kier alpha value is -2.80. The Bertz CT molecular complexity index is 1320. The Morgan fingerprint density at radius 2 is 1.65 bits per heavy atom. The molecule has 6 rings (SSSR count). The van der Waals surface area contributed by atoms with Crippen molar-refractivity contribution in [2.45, 2.75) is 84.1 Å². The van der Waals surface area contributed by atoms with Gasteiger partial charge < -0.3 is 14.4 Å². The van der Waals surface area contributed by atoms with E-state index in [-0.39, 0.29) is 0 Å². The molecule has 0 bridgehead atoms. The van der Waals surface area contributed by atoms with Crippen molar-refractivity contribution in [3.05, 3.63) is 76.0 Å². The van der Waals surface area contributed by atoms with E-state index in [0.717, 1.165) is 62.7 Å². The summed E-state index contributed by atoms with van der Waals surface area (Å²) in [6.45, 7) is 10.6. The highest BCUT2D eigenvalue weighted by atomic mass is 16.7. The molecule has 3 aromatic rings. The van der Waals surface area contributed by atoms with Crippen LogP contribution in [0.2, 0.25) is 0 Å². The standard InChI is InChI=1S/C34H44N4O2/c1-5-25-12-9-13-26(6-2)31(25)32-35-24(3)29(23-37(4)30-16-10-14-27-11-7-8-15-28(27)30)33(36-32)38-19-17-34(18-20-38)39-21-22-40-34/h7-9,11-13,15,30H,5-6,10,14,16-23H2,1-4H3. The molecule has 2 fully saturated rings. The van der Waals surface area contributed by atoms with Crippen molar-refractivity contribution in [2.24, 2.45) is 0 Å². The third-order valence-electron chi connectivity index (χ3n) is 9.33. The second kappa shape index (κ2) is 11.6. The molecule has 1 aromatic heterocycles. The summed E-state index contributed by atoms with van der Waals surface area (Å²) in [5.41, 5.74) is 9.15. The zero-order chi connectivity index (χ0) is 27.7. The first-order chi connectivity index (χ1) is 19.5. The molecular weight excluding hydrogens is 496 g/mol. The molecule has 2 aliphatic heterocycles. The van der Waals surface area contributed by atoms with Gasteiger partial charge in [0.1, 0.15) is 5.82 Å². The Kier molecular flexibility index (Phi) is 7.93. The number of nitrogens with zero attached hydrogens (tertiary/aromatic N) is 4. The van der Waals surface area contributed by atoms with Gasteiger partial charge in [0.2, 0.25) is 0 Å². The molecule has 6 nitrogen and oxygen atoms in total. The van der Waals surface area contributed by atoms with E-state index in [4.69, 9.17) is 19.4 Å². The summed E-state index contributed by atoms with van der Waals surface area (Å²) in [5, 5.41) is 0. The molecule has 6 heteroatoms. The lowest BCUT2D eigenvalue weighted by Gasteiger charge is -2.39. The van der Waals surface area contributed by atoms with Crippen molar-refractivity contribution in [1.82, 2.24) is 14.9 Å². The molecule has 3 aliphatic rings. The van der Waals surface area contributed by atoms with Gasteiger partial charge in [0, 0.05) is 55.3 Å². The van der Waals surface area contributed by atoms with Crippen LogP contribution >= 0.6 is 0 Å². The maximum atomic E-state index is 6.06. The summed E-state index contributed by atoms with van der Waals surface area (Å²) >= 11 is 0. The minimum atomic E-state index is -0.408. The topological polar surface area (TPSA) is 50.7 Å². The van der Waals surface area contributed by atoms with Crippen molar-refractivity contribution in [2.75, 3.05) is 38.3 Å². The van der Waals surface area contributed by atoms with Crippen LogP contribution in [0.3, 0.4) is 0 Å². The molecule has 0 amide bonds. The number of rotatable bonds is 7. The second-order valence-corrected chi connectivity index (χ2v) is 11.7. The molecule has 2 saturated heterocycles. The smallest absolute Gasteiger partial charge is 0.171 e. The minimum absolute atomic E-state index is 0.408. The highest BCUT2D eigenvalue weighted by Crippen LogP contribution is 2.38. The molecule has 1 aliphatic carbocycles. The van der Waals surface area contributed by atoms with Crippen LogP contribution in [-0.4, -0.2) is 54.0 Å². The molecule has 1 unspecified atom stereocenters. The molecule has 0 radical (unpaired) electrons. The summed E-state index contributed by atoms with van der Waals surface area (Å²) in [4.78, 5) is 15.6. The number of ether oxygens (including phenoxy) is 2. The Morgan fingerprint density at radius 3 is 2.35 bits per heavy atom. The van der Waals surface area contributed by atoms with Gasteiger partial charge >= 0.3 is 0 Å². The average molecular weight is 541 g/mol. The number of anilines is 1. The van der Waals surface area contributed by atoms with Crippen molar-refractivity contribution in [3.63, 3.8) is 0 Å². The van der Waals surface area contributed by atoms with Crippen LogP contribution in [0, 0.1) is 6.92 Å². The second-order valence-electron chi connectivity index (χ2n) is 11.7. The number of hydrogen-bond donors (Lipinski definition) is 0. The van der Waals surface area contributed by atoms with E-state index >= 15 is 0 Å². The van der Waals surface area contributed by atoms with Crippen LogP contribution in [0.4, 0.5) is 5.82 Å². The summed E-state index contributed by atoms with van der Waals surface area (Å²) in [6.07, 6.45) is 7.26. The van der Waals surface area contributed by atoms with Gasteiger partial charge in [0.05, 0.1) is 13.2 Å². The molecule has 40 heavy (non-hydrogen) atoms. The minimum Gasteiger partial charge on any atom is -0.356 e. The Balaban J connectivity index is 1.39. The fourth-order valence-corrected chi connectivity index (χ4v) is 7.06. The van der Waals surface area contributed by atoms with Gasteiger partial charge in [-0.3, -0.25) is 4.90 Å². The van der Waals surface area contributed by atoms with Crippen LogP contribution in [0.1, 0.15) is 79.1 Å². The monoisotopic (exact) mass is 540 g/mol. The summed E-state index contributed by atoms with van der Waals surface area (Å²) in [6, 6.07) is 16.0. The number of hydrogen-bond acceptors (Lipinski definition) is 6. The number of aryl methyl sites for hydroxylation is 4. The van der Waals surface area contributed by atoms with Crippen molar-refractivity contribution >= 4 is 5.82 Å². The lowest BCUT2D eigenvalue weighted by atomic mass is 9.87. The van der Waals surface area contributed by atoms with Gasteiger partial charge in [-0.2, -0.15) is 0 Å². The lowest BCUT2D eigenvalue weighted by molar-refractivity contribution is -0.169. The molecule has 0 saturated carbocycles. The van der Waals surface area contributed by atoms with Gasteiger partial charge in [0.25, 0.3) is 0 Å². The van der Waals surface area contributed by atoms with Gasteiger partial charge in [0.15, 0.2) is 11.6 Å². The molecule has 212 valence electrons. The van der Waals surface area contributed by atoms with Crippen LogP contribution < -0.4 is 4.90 Å². The fraction of sp³-hybridized carbons (Fsp3) is 0.529. The van der Waals surface area contributed by atoms with E-state index in [0.29, 0.717) is 19.3 Å². The quantitative estimate of drug-likeness (QED) is 0.344. The van der Waals surface area contributed by atoms with Crippen molar-refractivity contribution in [3.8, 4) is 11.4 Å². The zero-order valence-electron chi connectivity index (χ0n) is 24.7. The van der Waals surface area contributed by atoms with Crippen LogP contribution in [0.25, 0.3) is 11.4 Å². The van der Waals surface area contributed by atoms with Crippen LogP contribution in [0.15, 0.2) is 42.5 Å². The van der Waals surface area contributed by atoms with E-state index < -0.39 is 5.79 Å². The van der Waals surface area contributed by atoms with Gasteiger partial charge in [-0.05, 0) is 68.3 Å². The Morgan fingerprint density at radius 1 is 0.950 bits per heavy atom. The van der Waals surface area contributed by atoms with E-state index in [9.17, 15) is 0 Å². The van der Waals surface area contributed by atoms with E-state index in [2.05, 4.69) is 80.1 Å². The fourth-order valence-electron chi connectivity index (χ4n) is 7.06. The van der Waals surface area contributed by atoms with E-state index in [1.165, 1.54) is 52.6 Å². The van der Waals surface area contributed by atoms with E-state index in [1.807, 2.05) is 0 Å². The maximum Gasteiger partial charge on any atom is 0.171 e. The summed E-state index contributed by atoms with van der Waals surface area (Å²) in [7, 11) is 2.27. The molecular formula is C34H44N4O2. The van der Waals surface area contributed by atoms with Crippen molar-refractivity contribution in [1.29, 1.82) is 0 Å². The van der Waals surface area contributed by atoms with Gasteiger partial charge in [-0.1, -0.05) is 56.3 Å². The molecule has 0 N–H and O–H groups in total. The normalized spacial score (nSPS) is 20.3. The maximum absolute atomic E-state index is 6.06.